The van der Waals surface area contributed by atoms with Crippen LogP contribution in [0.15, 0.2) is 47.6 Å². The van der Waals surface area contributed by atoms with Gasteiger partial charge in [0.2, 0.25) is 0 Å². The molecule has 24 heavy (non-hydrogen) atoms. The Bertz CT molecular complexity index is 756. The predicted molar refractivity (Wildman–Crippen MR) is 91.9 cm³/mol. The summed E-state index contributed by atoms with van der Waals surface area (Å²) < 4.78 is 10.3. The molecule has 0 unspecified atom stereocenters. The van der Waals surface area contributed by atoms with E-state index in [-0.39, 0.29) is 19.0 Å². The number of ether oxygens (including phenoxy) is 2. The van der Waals surface area contributed by atoms with Crippen LogP contribution in [-0.4, -0.2) is 30.8 Å². The highest BCUT2D eigenvalue weighted by Crippen LogP contribution is 2.20. The topological polar surface area (TPSA) is 77.0 Å². The van der Waals surface area contributed by atoms with E-state index in [2.05, 4.69) is 10.5 Å². The quantitative estimate of drug-likeness (QED) is 0.481. The number of carbonyl (C=O) groups excluding carboxylic acids is 2. The molecule has 0 heterocycles. The van der Waals surface area contributed by atoms with Gasteiger partial charge in [-0.2, -0.15) is 5.10 Å². The normalized spacial score (nSPS) is 11.2. The molecule has 1 N–H and O–H groups in total. The van der Waals surface area contributed by atoms with E-state index >= 15 is 0 Å². The lowest BCUT2D eigenvalue weighted by atomic mass is 10.1. The molecule has 0 bridgehead atoms. The van der Waals surface area contributed by atoms with Gasteiger partial charge in [-0.3, -0.25) is 9.59 Å². The molecule has 2 rings (SSSR count). The van der Waals surface area contributed by atoms with Gasteiger partial charge in [0.05, 0.1) is 13.0 Å². The first-order chi connectivity index (χ1) is 11.6. The molecule has 0 radical (unpaired) electrons. The van der Waals surface area contributed by atoms with Crippen molar-refractivity contribution < 1.29 is 19.1 Å². The molecular weight excluding hydrogens is 308 g/mol. The fourth-order valence-corrected chi connectivity index (χ4v) is 2.06. The van der Waals surface area contributed by atoms with Crippen molar-refractivity contribution in [3.8, 4) is 5.75 Å². The summed E-state index contributed by atoms with van der Waals surface area (Å²) in [4.78, 5) is 23.0. The number of fused-ring (bicyclic) bond motifs is 1. The smallest absolute Gasteiger partial charge is 0.311 e. The van der Waals surface area contributed by atoms with Crippen molar-refractivity contribution in [1.82, 2.24) is 5.43 Å². The zero-order valence-corrected chi connectivity index (χ0v) is 13.7. The Labute approximate surface area is 140 Å². The molecule has 0 aliphatic rings. The molecular formula is C18H20N2O4. The van der Waals surface area contributed by atoms with Crippen LogP contribution in [0, 0.1) is 0 Å². The largest absolute Gasteiger partial charge is 0.484 e. The summed E-state index contributed by atoms with van der Waals surface area (Å²) in [5.74, 6) is -0.164. The number of nitrogens with zero attached hydrogens (tertiary/aromatic N) is 1. The maximum absolute atomic E-state index is 11.7. The third-order valence-electron chi connectivity index (χ3n) is 3.17. The molecule has 0 aromatic heterocycles. The molecule has 6 heteroatoms. The molecule has 126 valence electrons. The monoisotopic (exact) mass is 328 g/mol. The highest BCUT2D eigenvalue weighted by molar-refractivity contribution is 5.98. The Morgan fingerprint density at radius 2 is 1.88 bits per heavy atom. The van der Waals surface area contributed by atoms with E-state index in [1.165, 1.54) is 0 Å². The second-order valence-corrected chi connectivity index (χ2v) is 5.16. The van der Waals surface area contributed by atoms with Gasteiger partial charge in [-0.15, -0.1) is 0 Å². The number of hydrogen-bond donors (Lipinski definition) is 1. The van der Waals surface area contributed by atoms with Crippen molar-refractivity contribution in [2.24, 2.45) is 5.10 Å². The zero-order chi connectivity index (χ0) is 17.4. The van der Waals surface area contributed by atoms with Gasteiger partial charge in [0, 0.05) is 5.71 Å². The van der Waals surface area contributed by atoms with Gasteiger partial charge in [-0.1, -0.05) is 30.3 Å². The van der Waals surface area contributed by atoms with Gasteiger partial charge in [0.15, 0.2) is 6.61 Å². The average molecular weight is 328 g/mol. The summed E-state index contributed by atoms with van der Waals surface area (Å²) in [5, 5.41) is 5.99. The lowest BCUT2D eigenvalue weighted by molar-refractivity contribution is -0.141. The Morgan fingerprint density at radius 3 is 2.62 bits per heavy atom. The van der Waals surface area contributed by atoms with Crippen LogP contribution in [-0.2, 0) is 14.3 Å². The third-order valence-corrected chi connectivity index (χ3v) is 3.17. The number of esters is 1. The number of hydrogen-bond acceptors (Lipinski definition) is 5. The molecule has 0 saturated carbocycles. The minimum atomic E-state index is -0.397. The van der Waals surface area contributed by atoms with E-state index in [9.17, 15) is 9.59 Å². The highest BCUT2D eigenvalue weighted by atomic mass is 16.5. The van der Waals surface area contributed by atoms with E-state index in [1.54, 1.807) is 13.8 Å². The lowest BCUT2D eigenvalue weighted by Gasteiger charge is -2.07. The van der Waals surface area contributed by atoms with Crippen molar-refractivity contribution in [3.05, 3.63) is 42.5 Å². The van der Waals surface area contributed by atoms with Crippen LogP contribution in [0.3, 0.4) is 0 Å². The summed E-state index contributed by atoms with van der Waals surface area (Å²) in [7, 11) is 0. The van der Waals surface area contributed by atoms with E-state index in [1.807, 2.05) is 42.5 Å². The van der Waals surface area contributed by atoms with Gasteiger partial charge < -0.3 is 9.47 Å². The maximum atomic E-state index is 11.7. The van der Waals surface area contributed by atoms with E-state index in [0.717, 1.165) is 10.8 Å². The zero-order valence-electron chi connectivity index (χ0n) is 13.7. The van der Waals surface area contributed by atoms with Crippen LogP contribution in [0.4, 0.5) is 0 Å². The van der Waals surface area contributed by atoms with Gasteiger partial charge in [-0.25, -0.2) is 5.43 Å². The van der Waals surface area contributed by atoms with E-state index < -0.39 is 5.91 Å². The van der Waals surface area contributed by atoms with Crippen LogP contribution in [0.5, 0.6) is 5.75 Å². The number of amides is 1. The summed E-state index contributed by atoms with van der Waals surface area (Å²) in [5.41, 5.74) is 2.82. The summed E-state index contributed by atoms with van der Waals surface area (Å²) in [6, 6.07) is 13.5. The maximum Gasteiger partial charge on any atom is 0.311 e. The van der Waals surface area contributed by atoms with Crippen LogP contribution >= 0.6 is 0 Å². The van der Waals surface area contributed by atoms with Crippen LogP contribution in [0.1, 0.15) is 20.3 Å². The Hall–Kier alpha value is -2.89. The van der Waals surface area contributed by atoms with Gasteiger partial charge in [0.1, 0.15) is 5.75 Å². The first kappa shape index (κ1) is 17.5. The molecule has 0 aliphatic heterocycles. The van der Waals surface area contributed by atoms with Crippen LogP contribution < -0.4 is 10.2 Å². The first-order valence-corrected chi connectivity index (χ1v) is 7.67. The van der Waals surface area contributed by atoms with Crippen molar-refractivity contribution >= 4 is 28.4 Å². The van der Waals surface area contributed by atoms with Crippen molar-refractivity contribution in [2.75, 3.05) is 13.2 Å². The molecule has 0 atom stereocenters. The van der Waals surface area contributed by atoms with Crippen LogP contribution in [0.25, 0.3) is 10.8 Å². The summed E-state index contributed by atoms with van der Waals surface area (Å²) in [6.07, 6.45) is 0.0413. The van der Waals surface area contributed by atoms with Crippen molar-refractivity contribution in [2.45, 2.75) is 20.3 Å². The summed E-state index contributed by atoms with van der Waals surface area (Å²) in [6.45, 7) is 3.53. The minimum absolute atomic E-state index is 0.0413. The number of carbonyl (C=O) groups is 2. The lowest BCUT2D eigenvalue weighted by Crippen LogP contribution is -2.26. The van der Waals surface area contributed by atoms with Crippen molar-refractivity contribution in [1.29, 1.82) is 0 Å². The van der Waals surface area contributed by atoms with E-state index in [0.29, 0.717) is 18.1 Å². The van der Waals surface area contributed by atoms with Gasteiger partial charge >= 0.3 is 5.97 Å². The fourth-order valence-electron chi connectivity index (χ4n) is 2.06. The molecule has 0 fully saturated rings. The highest BCUT2D eigenvalue weighted by Gasteiger charge is 2.06. The number of nitrogens with one attached hydrogen (secondary N) is 1. The van der Waals surface area contributed by atoms with Gasteiger partial charge in [-0.05, 0) is 36.8 Å². The summed E-state index contributed by atoms with van der Waals surface area (Å²) >= 11 is 0. The molecule has 0 aliphatic carbocycles. The molecule has 0 saturated heterocycles. The van der Waals surface area contributed by atoms with E-state index in [4.69, 9.17) is 9.47 Å². The molecule has 0 spiro atoms. The standard InChI is InChI=1S/C18H20N2O4/c1-3-23-18(22)10-13(2)19-20-17(21)12-24-16-9-8-14-6-4-5-7-15(14)11-16/h4-9,11H,3,10,12H2,1-2H3,(H,20,21)/b19-13-. The predicted octanol–water partition coefficient (Wildman–Crippen LogP) is 2.66. The Balaban J connectivity index is 1.82. The van der Waals surface area contributed by atoms with Crippen LogP contribution in [0.2, 0.25) is 0 Å². The molecule has 6 nitrogen and oxygen atoms in total. The first-order valence-electron chi connectivity index (χ1n) is 7.67. The SMILES string of the molecule is CCOC(=O)C/C(C)=N\NC(=O)COc1ccc2ccccc2c1. The fraction of sp³-hybridized carbons (Fsp3) is 0.278. The second kappa shape index (κ2) is 8.67. The average Bonchev–Trinajstić information content (AvgIpc) is 2.58. The minimum Gasteiger partial charge on any atom is -0.484 e. The molecule has 2 aromatic carbocycles. The third kappa shape index (κ3) is 5.39. The molecule has 2 aromatic rings. The Morgan fingerprint density at radius 1 is 1.12 bits per heavy atom. The number of hydrazone groups is 1. The Kier molecular flexibility index (Phi) is 6.31. The number of benzene rings is 2. The second-order valence-electron chi connectivity index (χ2n) is 5.16. The van der Waals surface area contributed by atoms with Crippen molar-refractivity contribution in [3.63, 3.8) is 0 Å². The molecule has 1 amide bonds. The van der Waals surface area contributed by atoms with Gasteiger partial charge in [0.25, 0.3) is 5.91 Å². The number of rotatable bonds is 7.